The lowest BCUT2D eigenvalue weighted by molar-refractivity contribution is -0.131. The number of hydrogen-bond acceptors (Lipinski definition) is 5. The summed E-state index contributed by atoms with van der Waals surface area (Å²) in [6.07, 6.45) is -0.213. The SMILES string of the molecule is O=C1C(CC[C@H](O)c2ccc(F)cc2)[C@@H](c2ccc(-c3cccc(OS(=O)(=O)C(F)(F)F)c3)cc2)N1c1ccccc1. The van der Waals surface area contributed by atoms with Gasteiger partial charge in [-0.3, -0.25) is 4.79 Å². The number of para-hydroxylation sites is 1. The summed E-state index contributed by atoms with van der Waals surface area (Å²) >= 11 is 0. The van der Waals surface area contributed by atoms with E-state index in [0.717, 1.165) is 11.6 Å². The summed E-state index contributed by atoms with van der Waals surface area (Å²) in [5.74, 6) is -1.42. The smallest absolute Gasteiger partial charge is 0.388 e. The Kier molecular flexibility index (Phi) is 8.07. The first-order chi connectivity index (χ1) is 19.9. The molecule has 0 bridgehead atoms. The number of carbonyl (C=O) groups is 1. The molecule has 218 valence electrons. The van der Waals surface area contributed by atoms with Crippen LogP contribution in [0.4, 0.5) is 23.2 Å². The number of benzene rings is 4. The molecule has 1 amide bonds. The minimum absolute atomic E-state index is 0.0997. The molecule has 0 radical (unpaired) electrons. The van der Waals surface area contributed by atoms with Crippen LogP contribution in [0.15, 0.2) is 103 Å². The second kappa shape index (κ2) is 11.6. The van der Waals surface area contributed by atoms with Gasteiger partial charge in [0.05, 0.1) is 18.1 Å². The van der Waals surface area contributed by atoms with E-state index < -0.39 is 39.2 Å². The predicted octanol–water partition coefficient (Wildman–Crippen LogP) is 6.94. The van der Waals surface area contributed by atoms with Crippen LogP contribution in [0, 0.1) is 11.7 Å². The molecule has 0 spiro atoms. The monoisotopic (exact) mass is 599 g/mol. The lowest BCUT2D eigenvalue weighted by Crippen LogP contribution is -2.55. The summed E-state index contributed by atoms with van der Waals surface area (Å²) < 4.78 is 78.6. The third-order valence-corrected chi connectivity index (χ3v) is 8.14. The fourth-order valence-electron chi connectivity index (χ4n) is 5.05. The van der Waals surface area contributed by atoms with E-state index >= 15 is 0 Å². The van der Waals surface area contributed by atoms with Gasteiger partial charge in [-0.15, -0.1) is 0 Å². The highest BCUT2D eigenvalue weighted by Gasteiger charge is 2.49. The highest BCUT2D eigenvalue weighted by atomic mass is 32.2. The van der Waals surface area contributed by atoms with Crippen LogP contribution in [-0.4, -0.2) is 24.9 Å². The number of halogens is 4. The van der Waals surface area contributed by atoms with Gasteiger partial charge in [-0.05, 0) is 71.5 Å². The Labute approximate surface area is 239 Å². The van der Waals surface area contributed by atoms with Gasteiger partial charge >= 0.3 is 15.6 Å². The van der Waals surface area contributed by atoms with Gasteiger partial charge in [0.15, 0.2) is 0 Å². The maximum Gasteiger partial charge on any atom is 0.534 e. The van der Waals surface area contributed by atoms with Crippen molar-refractivity contribution < 1.29 is 40.1 Å². The number of rotatable bonds is 9. The van der Waals surface area contributed by atoms with Crippen molar-refractivity contribution in [3.8, 4) is 16.9 Å². The van der Waals surface area contributed by atoms with E-state index in [4.69, 9.17) is 0 Å². The van der Waals surface area contributed by atoms with Crippen molar-refractivity contribution in [1.82, 2.24) is 0 Å². The van der Waals surface area contributed by atoms with Crippen molar-refractivity contribution in [3.05, 3.63) is 120 Å². The molecule has 3 atom stereocenters. The van der Waals surface area contributed by atoms with E-state index in [1.807, 2.05) is 30.3 Å². The molecule has 5 rings (SSSR count). The van der Waals surface area contributed by atoms with Crippen molar-refractivity contribution in [1.29, 1.82) is 0 Å². The third-order valence-electron chi connectivity index (χ3n) is 7.16. The minimum atomic E-state index is -5.81. The molecular formula is C31H25F4NO5S. The highest BCUT2D eigenvalue weighted by Crippen LogP contribution is 2.46. The summed E-state index contributed by atoms with van der Waals surface area (Å²) in [5, 5.41) is 10.6. The van der Waals surface area contributed by atoms with Crippen LogP contribution in [0.25, 0.3) is 11.1 Å². The van der Waals surface area contributed by atoms with Crippen molar-refractivity contribution in [3.63, 3.8) is 0 Å². The quantitative estimate of drug-likeness (QED) is 0.0976. The van der Waals surface area contributed by atoms with Gasteiger partial charge in [-0.1, -0.05) is 66.7 Å². The molecule has 4 aromatic carbocycles. The standard InChI is InChI=1S/C31H25F4NO5S/c32-24-15-13-21(14-16-24)28(37)18-17-27-29(36(30(27)38)25-6-2-1-3-7-25)22-11-9-20(10-12-22)23-5-4-8-26(19-23)41-42(39,40)31(33,34)35/h1-16,19,27-29,37H,17-18H2/t27?,28-,29+/m0/s1. The second-order valence-corrected chi connectivity index (χ2v) is 11.4. The number of nitrogens with zero attached hydrogens (tertiary/aromatic N) is 1. The minimum Gasteiger partial charge on any atom is -0.388 e. The molecule has 0 aromatic heterocycles. The summed E-state index contributed by atoms with van der Waals surface area (Å²) in [7, 11) is -5.81. The summed E-state index contributed by atoms with van der Waals surface area (Å²) in [5.41, 5.74) is -2.47. The molecule has 0 saturated carbocycles. The number of carbonyl (C=O) groups excluding carboxylic acids is 1. The van der Waals surface area contributed by atoms with E-state index in [0.29, 0.717) is 28.8 Å². The molecule has 1 fully saturated rings. The molecule has 11 heteroatoms. The Bertz CT molecular complexity index is 1660. The molecule has 1 heterocycles. The maximum atomic E-state index is 13.3. The number of aliphatic hydroxyl groups excluding tert-OH is 1. The van der Waals surface area contributed by atoms with Crippen LogP contribution in [-0.2, 0) is 14.9 Å². The Morgan fingerprint density at radius 1 is 0.857 bits per heavy atom. The fourth-order valence-corrected chi connectivity index (χ4v) is 5.50. The third kappa shape index (κ3) is 6.02. The normalized spacial score (nSPS) is 17.9. The zero-order valence-electron chi connectivity index (χ0n) is 21.9. The van der Waals surface area contributed by atoms with Crippen LogP contribution in [0.1, 0.15) is 36.1 Å². The number of amides is 1. The first-order valence-electron chi connectivity index (χ1n) is 13.0. The summed E-state index contributed by atoms with van der Waals surface area (Å²) in [4.78, 5) is 15.0. The zero-order chi connectivity index (χ0) is 30.1. The molecular weight excluding hydrogens is 574 g/mol. The van der Waals surface area contributed by atoms with Crippen molar-refractivity contribution in [2.45, 2.75) is 30.5 Å². The Morgan fingerprint density at radius 2 is 1.52 bits per heavy atom. The number of hydrogen-bond donors (Lipinski definition) is 1. The number of anilines is 1. The van der Waals surface area contributed by atoms with E-state index in [1.165, 1.54) is 36.4 Å². The van der Waals surface area contributed by atoms with Gasteiger partial charge in [0, 0.05) is 5.69 Å². The largest absolute Gasteiger partial charge is 0.534 e. The Morgan fingerprint density at radius 3 is 2.17 bits per heavy atom. The summed E-state index contributed by atoms with van der Waals surface area (Å²) in [6.45, 7) is 0. The molecule has 42 heavy (non-hydrogen) atoms. The zero-order valence-corrected chi connectivity index (χ0v) is 22.7. The lowest BCUT2D eigenvalue weighted by atomic mass is 9.78. The van der Waals surface area contributed by atoms with Crippen molar-refractivity contribution in [2.24, 2.45) is 5.92 Å². The van der Waals surface area contributed by atoms with Gasteiger partial charge < -0.3 is 14.2 Å². The van der Waals surface area contributed by atoms with Gasteiger partial charge in [0.25, 0.3) is 0 Å². The van der Waals surface area contributed by atoms with Crippen molar-refractivity contribution in [2.75, 3.05) is 4.90 Å². The predicted molar refractivity (Wildman–Crippen MR) is 148 cm³/mol. The first kappa shape index (κ1) is 29.3. The van der Waals surface area contributed by atoms with E-state index in [9.17, 15) is 35.9 Å². The molecule has 1 N–H and O–H groups in total. The van der Waals surface area contributed by atoms with Crippen LogP contribution in [0.2, 0.25) is 0 Å². The van der Waals surface area contributed by atoms with Crippen molar-refractivity contribution >= 4 is 21.7 Å². The molecule has 4 aromatic rings. The van der Waals surface area contributed by atoms with Crippen LogP contribution < -0.4 is 9.08 Å². The highest BCUT2D eigenvalue weighted by molar-refractivity contribution is 7.88. The first-order valence-corrected chi connectivity index (χ1v) is 14.4. The van der Waals surface area contributed by atoms with Gasteiger partial charge in [0.2, 0.25) is 5.91 Å². The van der Waals surface area contributed by atoms with E-state index in [-0.39, 0.29) is 18.4 Å². The number of alkyl halides is 3. The number of β-lactam (4-membered cyclic amide) rings is 1. The average Bonchev–Trinajstić information content (AvgIpc) is 2.96. The molecule has 1 aliphatic heterocycles. The molecule has 6 nitrogen and oxygen atoms in total. The lowest BCUT2D eigenvalue weighted by Gasteiger charge is -2.48. The van der Waals surface area contributed by atoms with Crippen LogP contribution >= 0.6 is 0 Å². The van der Waals surface area contributed by atoms with Crippen LogP contribution in [0.5, 0.6) is 5.75 Å². The topological polar surface area (TPSA) is 83.9 Å². The van der Waals surface area contributed by atoms with Gasteiger partial charge in [0.1, 0.15) is 11.6 Å². The van der Waals surface area contributed by atoms with Crippen LogP contribution in [0.3, 0.4) is 0 Å². The molecule has 1 unspecified atom stereocenters. The maximum absolute atomic E-state index is 13.3. The fraction of sp³-hybridized carbons (Fsp3) is 0.194. The average molecular weight is 600 g/mol. The second-order valence-electron chi connectivity index (χ2n) is 9.87. The van der Waals surface area contributed by atoms with Gasteiger partial charge in [-0.2, -0.15) is 21.6 Å². The summed E-state index contributed by atoms with van der Waals surface area (Å²) in [6, 6.07) is 26.7. The Hall–Kier alpha value is -4.22. The molecule has 0 aliphatic carbocycles. The molecule has 1 aliphatic rings. The molecule has 1 saturated heterocycles. The Balaban J connectivity index is 1.37. The van der Waals surface area contributed by atoms with Gasteiger partial charge in [-0.25, -0.2) is 4.39 Å². The van der Waals surface area contributed by atoms with E-state index in [1.54, 1.807) is 35.2 Å². The van der Waals surface area contributed by atoms with E-state index in [2.05, 4.69) is 4.18 Å². The number of aliphatic hydroxyl groups is 1.